The summed E-state index contributed by atoms with van der Waals surface area (Å²) in [5, 5.41) is 0. The van der Waals surface area contributed by atoms with Crippen LogP contribution in [0.1, 0.15) is 12.0 Å². The summed E-state index contributed by atoms with van der Waals surface area (Å²) >= 11 is 3.38. The number of aromatic nitrogens is 1. The summed E-state index contributed by atoms with van der Waals surface area (Å²) in [5.74, 6) is 0.622. The van der Waals surface area contributed by atoms with E-state index in [-0.39, 0.29) is 0 Å². The Kier molecular flexibility index (Phi) is 4.18. The molecule has 0 saturated heterocycles. The highest BCUT2D eigenvalue weighted by Gasteiger charge is 2.01. The van der Waals surface area contributed by atoms with Gasteiger partial charge in [0.2, 0.25) is 5.88 Å². The minimum Gasteiger partial charge on any atom is -0.480 e. The van der Waals surface area contributed by atoms with Gasteiger partial charge in [0, 0.05) is 6.20 Å². The fraction of sp³-hybridized carbons (Fsp3) is 0.444. The van der Waals surface area contributed by atoms with E-state index in [1.54, 1.807) is 7.11 Å². The zero-order valence-electron chi connectivity index (χ0n) is 7.59. The third-order valence-electron chi connectivity index (χ3n) is 1.73. The Balaban J connectivity index is 2.71. The normalized spacial score (nSPS) is 10.1. The van der Waals surface area contributed by atoms with Crippen molar-refractivity contribution in [2.45, 2.75) is 12.8 Å². The number of nitrogens with two attached hydrogens (primary N) is 1. The average Bonchev–Trinajstić information content (AvgIpc) is 2.15. The van der Waals surface area contributed by atoms with Crippen LogP contribution in [0, 0.1) is 0 Å². The Labute approximate surface area is 86.4 Å². The number of aryl methyl sites for hydroxylation is 1. The Bertz CT molecular complexity index is 278. The van der Waals surface area contributed by atoms with Gasteiger partial charge >= 0.3 is 0 Å². The number of hydrogen-bond acceptors (Lipinski definition) is 3. The summed E-state index contributed by atoms with van der Waals surface area (Å²) in [6.45, 7) is 0.712. The van der Waals surface area contributed by atoms with Crippen molar-refractivity contribution in [1.29, 1.82) is 0 Å². The van der Waals surface area contributed by atoms with Crippen molar-refractivity contribution in [2.24, 2.45) is 5.73 Å². The number of pyridine rings is 1. The summed E-state index contributed by atoms with van der Waals surface area (Å²) in [6, 6.07) is 2.02. The zero-order valence-corrected chi connectivity index (χ0v) is 9.17. The third-order valence-corrected chi connectivity index (χ3v) is 2.30. The van der Waals surface area contributed by atoms with Crippen LogP contribution < -0.4 is 10.5 Å². The molecule has 1 aromatic heterocycles. The van der Waals surface area contributed by atoms with E-state index < -0.39 is 0 Å². The van der Waals surface area contributed by atoms with Gasteiger partial charge in [0.1, 0.15) is 0 Å². The minimum atomic E-state index is 0.622. The molecule has 0 aliphatic rings. The molecule has 0 spiro atoms. The van der Waals surface area contributed by atoms with Gasteiger partial charge in [-0.2, -0.15) is 0 Å². The average molecular weight is 245 g/mol. The van der Waals surface area contributed by atoms with E-state index in [4.69, 9.17) is 10.5 Å². The monoisotopic (exact) mass is 244 g/mol. The van der Waals surface area contributed by atoms with Crippen molar-refractivity contribution < 1.29 is 4.74 Å². The molecule has 3 nitrogen and oxygen atoms in total. The molecule has 0 aromatic carbocycles. The highest BCUT2D eigenvalue weighted by molar-refractivity contribution is 9.10. The number of nitrogens with zero attached hydrogens (tertiary/aromatic N) is 1. The Hall–Kier alpha value is -0.610. The van der Waals surface area contributed by atoms with Crippen LogP contribution in [0.4, 0.5) is 0 Å². The fourth-order valence-electron chi connectivity index (χ4n) is 1.06. The molecule has 1 heterocycles. The predicted octanol–water partition coefficient (Wildman–Crippen LogP) is 1.74. The lowest BCUT2D eigenvalue weighted by atomic mass is 10.1. The van der Waals surface area contributed by atoms with E-state index in [0.717, 1.165) is 17.3 Å². The van der Waals surface area contributed by atoms with E-state index in [0.29, 0.717) is 12.4 Å². The fourth-order valence-corrected chi connectivity index (χ4v) is 1.62. The predicted molar refractivity (Wildman–Crippen MR) is 55.9 cm³/mol. The first kappa shape index (κ1) is 10.5. The molecule has 0 aliphatic heterocycles. The molecule has 0 bridgehead atoms. The minimum absolute atomic E-state index is 0.622. The maximum Gasteiger partial charge on any atom is 0.227 e. The molecule has 1 rings (SSSR count). The lowest BCUT2D eigenvalue weighted by Crippen LogP contribution is -2.01. The molecule has 0 aliphatic carbocycles. The van der Waals surface area contributed by atoms with Gasteiger partial charge in [0.05, 0.1) is 11.6 Å². The van der Waals surface area contributed by atoms with Crippen molar-refractivity contribution in [2.75, 3.05) is 13.7 Å². The van der Waals surface area contributed by atoms with Crippen LogP contribution in [0.3, 0.4) is 0 Å². The molecular formula is C9H13BrN2O. The number of rotatable bonds is 4. The van der Waals surface area contributed by atoms with Crippen LogP contribution >= 0.6 is 15.9 Å². The summed E-state index contributed by atoms with van der Waals surface area (Å²) in [5.41, 5.74) is 6.59. The molecule has 0 saturated carbocycles. The Morgan fingerprint density at radius 3 is 2.92 bits per heavy atom. The summed E-state index contributed by atoms with van der Waals surface area (Å²) in [6.07, 6.45) is 3.77. The van der Waals surface area contributed by atoms with Crippen molar-refractivity contribution in [3.05, 3.63) is 22.3 Å². The highest BCUT2D eigenvalue weighted by Crippen LogP contribution is 2.22. The van der Waals surface area contributed by atoms with E-state index in [2.05, 4.69) is 20.9 Å². The molecular weight excluding hydrogens is 232 g/mol. The first-order valence-corrected chi connectivity index (χ1v) is 4.95. The van der Waals surface area contributed by atoms with Crippen molar-refractivity contribution in [1.82, 2.24) is 4.98 Å². The highest BCUT2D eigenvalue weighted by atomic mass is 79.9. The lowest BCUT2D eigenvalue weighted by molar-refractivity contribution is 0.394. The van der Waals surface area contributed by atoms with Gasteiger partial charge < -0.3 is 10.5 Å². The van der Waals surface area contributed by atoms with Crippen molar-refractivity contribution >= 4 is 15.9 Å². The molecule has 13 heavy (non-hydrogen) atoms. The molecule has 4 heteroatoms. The quantitative estimate of drug-likeness (QED) is 0.878. The topological polar surface area (TPSA) is 48.1 Å². The Morgan fingerprint density at radius 1 is 1.62 bits per heavy atom. The standard InChI is InChI=1S/C9H13BrN2O/c1-13-9-8(10)5-7(6-12-9)3-2-4-11/h5-6H,2-4,11H2,1H3. The third kappa shape index (κ3) is 2.97. The van der Waals surface area contributed by atoms with Crippen LogP contribution in [0.2, 0.25) is 0 Å². The van der Waals surface area contributed by atoms with Crippen LogP contribution in [-0.2, 0) is 6.42 Å². The molecule has 72 valence electrons. The van der Waals surface area contributed by atoms with Gasteiger partial charge in [0.15, 0.2) is 0 Å². The number of methoxy groups -OCH3 is 1. The molecule has 2 N–H and O–H groups in total. The summed E-state index contributed by atoms with van der Waals surface area (Å²) in [7, 11) is 1.60. The van der Waals surface area contributed by atoms with Crippen LogP contribution in [0.15, 0.2) is 16.7 Å². The maximum atomic E-state index is 5.41. The Morgan fingerprint density at radius 2 is 2.38 bits per heavy atom. The number of halogens is 1. The molecule has 0 radical (unpaired) electrons. The van der Waals surface area contributed by atoms with Gasteiger partial charge in [-0.15, -0.1) is 0 Å². The molecule has 1 aromatic rings. The second-order valence-electron chi connectivity index (χ2n) is 2.73. The SMILES string of the molecule is COc1ncc(CCCN)cc1Br. The van der Waals surface area contributed by atoms with Gasteiger partial charge in [-0.1, -0.05) is 0 Å². The molecule has 0 unspecified atom stereocenters. The maximum absolute atomic E-state index is 5.41. The molecule has 0 atom stereocenters. The van der Waals surface area contributed by atoms with Crippen LogP contribution in [-0.4, -0.2) is 18.6 Å². The van der Waals surface area contributed by atoms with Gasteiger partial charge in [0.25, 0.3) is 0 Å². The van der Waals surface area contributed by atoms with E-state index in [1.165, 1.54) is 5.56 Å². The first-order chi connectivity index (χ1) is 6.27. The van der Waals surface area contributed by atoms with E-state index in [9.17, 15) is 0 Å². The van der Waals surface area contributed by atoms with Gasteiger partial charge in [-0.05, 0) is 46.9 Å². The van der Waals surface area contributed by atoms with Crippen molar-refractivity contribution in [3.8, 4) is 5.88 Å². The second kappa shape index (κ2) is 5.19. The molecule has 0 amide bonds. The van der Waals surface area contributed by atoms with E-state index >= 15 is 0 Å². The number of ether oxygens (including phenoxy) is 1. The number of hydrogen-bond donors (Lipinski definition) is 1. The van der Waals surface area contributed by atoms with Crippen LogP contribution in [0.5, 0.6) is 5.88 Å². The largest absolute Gasteiger partial charge is 0.480 e. The smallest absolute Gasteiger partial charge is 0.227 e. The molecule has 0 fully saturated rings. The lowest BCUT2D eigenvalue weighted by Gasteiger charge is -2.04. The van der Waals surface area contributed by atoms with E-state index in [1.807, 2.05) is 12.3 Å². The zero-order chi connectivity index (χ0) is 9.68. The summed E-state index contributed by atoms with van der Waals surface area (Å²) in [4.78, 5) is 4.14. The van der Waals surface area contributed by atoms with Gasteiger partial charge in [-0.3, -0.25) is 0 Å². The van der Waals surface area contributed by atoms with Crippen LogP contribution in [0.25, 0.3) is 0 Å². The first-order valence-electron chi connectivity index (χ1n) is 4.16. The second-order valence-corrected chi connectivity index (χ2v) is 3.58. The van der Waals surface area contributed by atoms with Gasteiger partial charge in [-0.25, -0.2) is 4.98 Å². The summed E-state index contributed by atoms with van der Waals surface area (Å²) < 4.78 is 5.91. The van der Waals surface area contributed by atoms with Crippen molar-refractivity contribution in [3.63, 3.8) is 0 Å².